The minimum Gasteiger partial charge on any atom is -0.474 e. The molecule has 1 heterocycles. The van der Waals surface area contributed by atoms with Crippen LogP contribution in [-0.4, -0.2) is 35.9 Å². The number of hydrogen-bond acceptors (Lipinski definition) is 3. The third-order valence-electron chi connectivity index (χ3n) is 3.75. The van der Waals surface area contributed by atoms with Gasteiger partial charge in [-0.25, -0.2) is 9.98 Å². The summed E-state index contributed by atoms with van der Waals surface area (Å²) in [5, 5.41) is 0. The SMILES string of the molecule is CCN(C)/C=N/c1cc(Br)c(OC(CC(C)C)CC(C)C)nc1C. The molecular formula is C19H32BrN3O. The lowest BCUT2D eigenvalue weighted by molar-refractivity contribution is 0.142. The summed E-state index contributed by atoms with van der Waals surface area (Å²) in [6.07, 6.45) is 4.09. The minimum atomic E-state index is 0.189. The highest BCUT2D eigenvalue weighted by Crippen LogP contribution is 2.31. The Labute approximate surface area is 155 Å². The van der Waals surface area contributed by atoms with Gasteiger partial charge in [0.25, 0.3) is 0 Å². The van der Waals surface area contributed by atoms with Gasteiger partial charge in [0.1, 0.15) is 6.10 Å². The maximum absolute atomic E-state index is 6.23. The van der Waals surface area contributed by atoms with Gasteiger partial charge in [-0.15, -0.1) is 0 Å². The summed E-state index contributed by atoms with van der Waals surface area (Å²) in [4.78, 5) is 11.2. The summed E-state index contributed by atoms with van der Waals surface area (Å²) < 4.78 is 7.09. The second-order valence-electron chi connectivity index (χ2n) is 7.20. The zero-order chi connectivity index (χ0) is 18.3. The van der Waals surface area contributed by atoms with E-state index < -0.39 is 0 Å². The van der Waals surface area contributed by atoms with Crippen molar-refractivity contribution in [3.05, 3.63) is 16.2 Å². The molecule has 0 saturated carbocycles. The zero-order valence-electron chi connectivity index (χ0n) is 16.1. The predicted octanol–water partition coefficient (Wildman–Crippen LogP) is 5.60. The van der Waals surface area contributed by atoms with E-state index in [1.54, 1.807) is 0 Å². The molecule has 0 aliphatic heterocycles. The van der Waals surface area contributed by atoms with E-state index in [-0.39, 0.29) is 6.10 Å². The fraction of sp³-hybridized carbons (Fsp3) is 0.684. The zero-order valence-corrected chi connectivity index (χ0v) is 17.7. The Kier molecular flexibility index (Phi) is 8.74. The molecule has 0 N–H and O–H groups in total. The van der Waals surface area contributed by atoms with Crippen LogP contribution in [0.1, 0.15) is 53.2 Å². The Hall–Kier alpha value is -1.10. The highest BCUT2D eigenvalue weighted by Gasteiger charge is 2.18. The number of ether oxygens (including phenoxy) is 1. The molecule has 5 heteroatoms. The smallest absolute Gasteiger partial charge is 0.228 e. The van der Waals surface area contributed by atoms with Gasteiger partial charge in [0.15, 0.2) is 0 Å². The van der Waals surface area contributed by atoms with Gasteiger partial charge in [0.2, 0.25) is 5.88 Å². The number of rotatable bonds is 9. The molecule has 0 spiro atoms. The van der Waals surface area contributed by atoms with Crippen LogP contribution in [0, 0.1) is 18.8 Å². The van der Waals surface area contributed by atoms with Crippen molar-refractivity contribution < 1.29 is 4.74 Å². The summed E-state index contributed by atoms with van der Waals surface area (Å²) in [5.41, 5.74) is 1.74. The Balaban J connectivity index is 2.95. The maximum atomic E-state index is 6.23. The number of aromatic nitrogens is 1. The Morgan fingerprint density at radius 3 is 2.33 bits per heavy atom. The molecule has 0 radical (unpaired) electrons. The van der Waals surface area contributed by atoms with Gasteiger partial charge >= 0.3 is 0 Å². The van der Waals surface area contributed by atoms with Crippen molar-refractivity contribution >= 4 is 28.0 Å². The van der Waals surface area contributed by atoms with E-state index in [9.17, 15) is 0 Å². The quantitative estimate of drug-likeness (QED) is 0.401. The Bertz CT molecular complexity index is 534. The first-order valence-electron chi connectivity index (χ1n) is 8.81. The van der Waals surface area contributed by atoms with E-state index in [0.29, 0.717) is 17.7 Å². The molecule has 0 bridgehead atoms. The monoisotopic (exact) mass is 397 g/mol. The van der Waals surface area contributed by atoms with E-state index in [0.717, 1.165) is 35.2 Å². The van der Waals surface area contributed by atoms with Crippen LogP contribution in [0.3, 0.4) is 0 Å². The van der Waals surface area contributed by atoms with Crippen molar-refractivity contribution in [3.63, 3.8) is 0 Å². The molecule has 1 aromatic heterocycles. The van der Waals surface area contributed by atoms with Crippen LogP contribution in [0.25, 0.3) is 0 Å². The minimum absolute atomic E-state index is 0.189. The summed E-state index contributed by atoms with van der Waals surface area (Å²) in [6, 6.07) is 1.99. The van der Waals surface area contributed by atoms with E-state index >= 15 is 0 Å². The topological polar surface area (TPSA) is 37.7 Å². The molecule has 0 aliphatic rings. The summed E-state index contributed by atoms with van der Waals surface area (Å²) in [5.74, 6) is 1.87. The van der Waals surface area contributed by atoms with E-state index in [4.69, 9.17) is 4.74 Å². The van der Waals surface area contributed by atoms with Gasteiger partial charge in [0.05, 0.1) is 22.2 Å². The van der Waals surface area contributed by atoms with Crippen molar-refractivity contribution in [1.29, 1.82) is 0 Å². The number of halogens is 1. The molecule has 0 amide bonds. The average molecular weight is 398 g/mol. The number of nitrogens with zero attached hydrogens (tertiary/aromatic N) is 3. The second kappa shape index (κ2) is 10.0. The molecule has 0 aromatic carbocycles. The lowest BCUT2D eigenvalue weighted by Crippen LogP contribution is -2.22. The fourth-order valence-corrected chi connectivity index (χ4v) is 2.81. The second-order valence-corrected chi connectivity index (χ2v) is 8.05. The highest BCUT2D eigenvalue weighted by molar-refractivity contribution is 9.10. The van der Waals surface area contributed by atoms with Crippen LogP contribution < -0.4 is 4.74 Å². The number of hydrogen-bond donors (Lipinski definition) is 0. The lowest BCUT2D eigenvalue weighted by Gasteiger charge is -2.23. The number of aliphatic imine (C=N–C) groups is 1. The largest absolute Gasteiger partial charge is 0.474 e. The third-order valence-corrected chi connectivity index (χ3v) is 4.32. The highest BCUT2D eigenvalue weighted by atomic mass is 79.9. The number of pyridine rings is 1. The molecule has 0 fully saturated rings. The maximum Gasteiger partial charge on any atom is 0.228 e. The van der Waals surface area contributed by atoms with Crippen molar-refractivity contribution in [2.45, 2.75) is 60.5 Å². The van der Waals surface area contributed by atoms with Gasteiger partial charge in [-0.2, -0.15) is 0 Å². The van der Waals surface area contributed by atoms with E-state index in [2.05, 4.69) is 60.5 Å². The van der Waals surface area contributed by atoms with Crippen molar-refractivity contribution in [2.24, 2.45) is 16.8 Å². The molecule has 0 unspecified atom stereocenters. The molecule has 1 rings (SSSR count). The first-order valence-corrected chi connectivity index (χ1v) is 9.60. The first kappa shape index (κ1) is 20.9. The molecular weight excluding hydrogens is 366 g/mol. The Morgan fingerprint density at radius 1 is 1.25 bits per heavy atom. The number of aryl methyl sites for hydroxylation is 1. The normalized spacial score (nSPS) is 12.0. The summed E-state index contributed by atoms with van der Waals surface area (Å²) in [6.45, 7) is 13.9. The standard InChI is InChI=1S/C19H32BrN3O/c1-8-23(7)12-21-18-11-17(20)19(22-15(18)6)24-16(9-13(2)3)10-14(4)5/h11-14,16H,8-10H2,1-7H3/b21-12+. The van der Waals surface area contributed by atoms with Crippen LogP contribution in [-0.2, 0) is 0 Å². The van der Waals surface area contributed by atoms with Crippen LogP contribution in [0.15, 0.2) is 15.5 Å². The molecule has 0 aliphatic carbocycles. The molecule has 4 nitrogen and oxygen atoms in total. The van der Waals surface area contributed by atoms with Crippen molar-refractivity contribution in [2.75, 3.05) is 13.6 Å². The van der Waals surface area contributed by atoms with E-state index in [1.165, 1.54) is 0 Å². The molecule has 1 aromatic rings. The third kappa shape index (κ3) is 7.20. The van der Waals surface area contributed by atoms with Crippen LogP contribution in [0.2, 0.25) is 0 Å². The Morgan fingerprint density at radius 2 is 1.83 bits per heavy atom. The average Bonchev–Trinajstić information content (AvgIpc) is 2.47. The molecule has 0 atom stereocenters. The van der Waals surface area contributed by atoms with Crippen LogP contribution in [0.5, 0.6) is 5.88 Å². The fourth-order valence-electron chi connectivity index (χ4n) is 2.41. The first-order chi connectivity index (χ1) is 11.2. The van der Waals surface area contributed by atoms with E-state index in [1.807, 2.05) is 31.3 Å². The van der Waals surface area contributed by atoms with Gasteiger partial charge in [0, 0.05) is 13.6 Å². The molecule has 136 valence electrons. The van der Waals surface area contributed by atoms with Gasteiger partial charge < -0.3 is 9.64 Å². The van der Waals surface area contributed by atoms with Gasteiger partial charge in [-0.1, -0.05) is 27.7 Å². The van der Waals surface area contributed by atoms with Gasteiger partial charge in [-0.05, 0) is 60.5 Å². The van der Waals surface area contributed by atoms with Crippen molar-refractivity contribution in [3.8, 4) is 5.88 Å². The van der Waals surface area contributed by atoms with Gasteiger partial charge in [-0.3, -0.25) is 0 Å². The molecule has 24 heavy (non-hydrogen) atoms. The summed E-state index contributed by atoms with van der Waals surface area (Å²) in [7, 11) is 2.00. The lowest BCUT2D eigenvalue weighted by atomic mass is 9.98. The predicted molar refractivity (Wildman–Crippen MR) is 106 cm³/mol. The van der Waals surface area contributed by atoms with Crippen LogP contribution >= 0.6 is 15.9 Å². The van der Waals surface area contributed by atoms with Crippen molar-refractivity contribution in [1.82, 2.24) is 9.88 Å². The summed E-state index contributed by atoms with van der Waals surface area (Å²) >= 11 is 3.59. The molecule has 0 saturated heterocycles. The van der Waals surface area contributed by atoms with Crippen LogP contribution in [0.4, 0.5) is 5.69 Å².